The van der Waals surface area contributed by atoms with Gasteiger partial charge >= 0.3 is 6.09 Å². The zero-order valence-corrected chi connectivity index (χ0v) is 18.5. The first-order valence-electron chi connectivity index (χ1n) is 11.4. The fourth-order valence-electron chi connectivity index (χ4n) is 4.23. The van der Waals surface area contributed by atoms with E-state index in [1.165, 1.54) is 0 Å². The summed E-state index contributed by atoms with van der Waals surface area (Å²) in [6, 6.07) is 4.82. The maximum absolute atomic E-state index is 11.9. The first-order chi connectivity index (χ1) is 15.1. The Morgan fingerprint density at radius 3 is 2.58 bits per heavy atom. The molecule has 2 aromatic rings. The van der Waals surface area contributed by atoms with E-state index in [0.29, 0.717) is 18.6 Å². The molecule has 1 amide bonds. The van der Waals surface area contributed by atoms with Crippen LogP contribution < -0.4 is 15.5 Å². The lowest BCUT2D eigenvalue weighted by Crippen LogP contribution is -2.40. The summed E-state index contributed by atoms with van der Waals surface area (Å²) >= 11 is 0. The number of alkyl carbamates (subject to hydrolysis) is 1. The fourth-order valence-corrected chi connectivity index (χ4v) is 4.23. The standard InChI is InChI=1S/C23H33N5O3/c1-16(2)15-31-23(29)27-18-5-3-17(4-6-18)26-21-14-19(28-9-11-30-12-10-28)13-20-22(21)25-8-7-24-20/h7-8,13-14,16-18,26H,3-6,9-12,15H2,1-2H3,(H,27,29). The van der Waals surface area contributed by atoms with E-state index in [4.69, 9.17) is 9.47 Å². The predicted octanol–water partition coefficient (Wildman–Crippen LogP) is 3.57. The molecule has 0 bridgehead atoms. The smallest absolute Gasteiger partial charge is 0.407 e. The number of aromatic nitrogens is 2. The molecule has 2 fully saturated rings. The molecule has 8 nitrogen and oxygen atoms in total. The molecule has 1 aliphatic carbocycles. The van der Waals surface area contributed by atoms with Gasteiger partial charge < -0.3 is 25.0 Å². The molecule has 0 atom stereocenters. The number of amides is 1. The summed E-state index contributed by atoms with van der Waals surface area (Å²) in [7, 11) is 0. The van der Waals surface area contributed by atoms with Crippen LogP contribution in [-0.2, 0) is 9.47 Å². The van der Waals surface area contributed by atoms with Gasteiger partial charge in [-0.2, -0.15) is 0 Å². The van der Waals surface area contributed by atoms with Gasteiger partial charge in [-0.05, 0) is 43.7 Å². The van der Waals surface area contributed by atoms with Gasteiger partial charge in [0.05, 0.1) is 31.0 Å². The van der Waals surface area contributed by atoms with Crippen LogP contribution in [0.1, 0.15) is 39.5 Å². The third-order valence-electron chi connectivity index (χ3n) is 5.89. The van der Waals surface area contributed by atoms with Crippen molar-refractivity contribution in [3.05, 3.63) is 24.5 Å². The fraction of sp³-hybridized carbons (Fsp3) is 0.609. The molecule has 31 heavy (non-hydrogen) atoms. The van der Waals surface area contributed by atoms with Crippen molar-refractivity contribution in [3.63, 3.8) is 0 Å². The molecular formula is C23H33N5O3. The Balaban J connectivity index is 1.39. The second kappa shape index (κ2) is 10.1. The average Bonchev–Trinajstić information content (AvgIpc) is 2.79. The molecule has 0 radical (unpaired) electrons. The van der Waals surface area contributed by atoms with Crippen molar-refractivity contribution in [2.75, 3.05) is 43.1 Å². The molecule has 2 N–H and O–H groups in total. The Bertz CT molecular complexity index is 877. The number of nitrogens with zero attached hydrogens (tertiary/aromatic N) is 3. The Morgan fingerprint density at radius 2 is 1.84 bits per heavy atom. The molecule has 1 saturated heterocycles. The van der Waals surface area contributed by atoms with Crippen LogP contribution in [0.4, 0.5) is 16.2 Å². The molecular weight excluding hydrogens is 394 g/mol. The molecule has 0 spiro atoms. The first kappa shape index (κ1) is 21.6. The number of morpholine rings is 1. The second-order valence-electron chi connectivity index (χ2n) is 8.85. The summed E-state index contributed by atoms with van der Waals surface area (Å²) in [4.78, 5) is 23.4. The molecule has 2 heterocycles. The van der Waals surface area contributed by atoms with Crippen molar-refractivity contribution in [3.8, 4) is 0 Å². The highest BCUT2D eigenvalue weighted by atomic mass is 16.5. The number of carbonyl (C=O) groups is 1. The van der Waals surface area contributed by atoms with Crippen LogP contribution in [0.5, 0.6) is 0 Å². The summed E-state index contributed by atoms with van der Waals surface area (Å²) in [5, 5.41) is 6.72. The summed E-state index contributed by atoms with van der Waals surface area (Å²) in [5.41, 5.74) is 3.98. The van der Waals surface area contributed by atoms with Crippen molar-refractivity contribution < 1.29 is 14.3 Å². The van der Waals surface area contributed by atoms with Gasteiger partial charge in [-0.15, -0.1) is 0 Å². The van der Waals surface area contributed by atoms with Gasteiger partial charge in [-0.1, -0.05) is 13.8 Å². The molecule has 8 heteroatoms. The Morgan fingerprint density at radius 1 is 1.13 bits per heavy atom. The van der Waals surface area contributed by atoms with Gasteiger partial charge in [0.2, 0.25) is 0 Å². The van der Waals surface area contributed by atoms with Crippen LogP contribution in [0.15, 0.2) is 24.5 Å². The third-order valence-corrected chi connectivity index (χ3v) is 5.89. The van der Waals surface area contributed by atoms with Crippen LogP contribution in [0.25, 0.3) is 11.0 Å². The van der Waals surface area contributed by atoms with Gasteiger partial charge in [0, 0.05) is 43.3 Å². The number of ether oxygens (including phenoxy) is 2. The molecule has 1 aromatic carbocycles. The minimum absolute atomic E-state index is 0.175. The highest BCUT2D eigenvalue weighted by molar-refractivity contribution is 5.91. The van der Waals surface area contributed by atoms with E-state index in [1.54, 1.807) is 12.4 Å². The highest BCUT2D eigenvalue weighted by Crippen LogP contribution is 2.31. The van der Waals surface area contributed by atoms with Gasteiger partial charge in [0.15, 0.2) is 0 Å². The van der Waals surface area contributed by atoms with Gasteiger partial charge in [0.25, 0.3) is 0 Å². The lowest BCUT2D eigenvalue weighted by Gasteiger charge is -2.32. The van der Waals surface area contributed by atoms with Crippen molar-refractivity contribution in [1.29, 1.82) is 0 Å². The molecule has 168 valence electrons. The molecule has 0 unspecified atom stereocenters. The zero-order valence-electron chi connectivity index (χ0n) is 18.5. The number of nitrogens with one attached hydrogen (secondary N) is 2. The Hall–Kier alpha value is -2.61. The number of hydrogen-bond donors (Lipinski definition) is 2. The van der Waals surface area contributed by atoms with Crippen molar-refractivity contribution >= 4 is 28.5 Å². The predicted molar refractivity (Wildman–Crippen MR) is 122 cm³/mol. The van der Waals surface area contributed by atoms with Crippen molar-refractivity contribution in [2.45, 2.75) is 51.6 Å². The number of carbonyl (C=O) groups excluding carboxylic acids is 1. The largest absolute Gasteiger partial charge is 0.449 e. The average molecular weight is 428 g/mol. The summed E-state index contributed by atoms with van der Waals surface area (Å²) in [6.07, 6.45) is 7.01. The van der Waals surface area contributed by atoms with Crippen molar-refractivity contribution in [1.82, 2.24) is 15.3 Å². The van der Waals surface area contributed by atoms with Crippen LogP contribution >= 0.6 is 0 Å². The normalized spacial score (nSPS) is 21.8. The van der Waals surface area contributed by atoms with E-state index < -0.39 is 0 Å². The quantitative estimate of drug-likeness (QED) is 0.728. The van der Waals surface area contributed by atoms with E-state index in [1.807, 2.05) is 13.8 Å². The van der Waals surface area contributed by atoms with E-state index >= 15 is 0 Å². The van der Waals surface area contributed by atoms with E-state index in [0.717, 1.165) is 74.4 Å². The van der Waals surface area contributed by atoms with E-state index in [-0.39, 0.29) is 12.1 Å². The molecule has 1 aliphatic heterocycles. The Labute approximate surface area is 183 Å². The van der Waals surface area contributed by atoms with Crippen molar-refractivity contribution in [2.24, 2.45) is 5.92 Å². The van der Waals surface area contributed by atoms with Crippen LogP contribution in [-0.4, -0.2) is 61.1 Å². The van der Waals surface area contributed by atoms with Crippen LogP contribution in [0, 0.1) is 5.92 Å². The van der Waals surface area contributed by atoms with Gasteiger partial charge in [0.1, 0.15) is 5.52 Å². The van der Waals surface area contributed by atoms with E-state index in [9.17, 15) is 4.79 Å². The number of hydrogen-bond acceptors (Lipinski definition) is 7. The maximum atomic E-state index is 11.9. The molecule has 1 saturated carbocycles. The molecule has 2 aliphatic rings. The highest BCUT2D eigenvalue weighted by Gasteiger charge is 2.24. The molecule has 4 rings (SSSR count). The third kappa shape index (κ3) is 5.76. The monoisotopic (exact) mass is 427 g/mol. The minimum atomic E-state index is -0.301. The second-order valence-corrected chi connectivity index (χ2v) is 8.85. The number of anilines is 2. The number of rotatable bonds is 6. The first-order valence-corrected chi connectivity index (χ1v) is 11.4. The van der Waals surface area contributed by atoms with Crippen LogP contribution in [0.2, 0.25) is 0 Å². The lowest BCUT2D eigenvalue weighted by molar-refractivity contribution is 0.122. The Kier molecular flexibility index (Phi) is 7.06. The van der Waals surface area contributed by atoms with Crippen LogP contribution in [0.3, 0.4) is 0 Å². The molecule has 1 aromatic heterocycles. The zero-order chi connectivity index (χ0) is 21.6. The minimum Gasteiger partial charge on any atom is -0.449 e. The number of fused-ring (bicyclic) bond motifs is 1. The van der Waals surface area contributed by atoms with Gasteiger partial charge in [-0.3, -0.25) is 9.97 Å². The topological polar surface area (TPSA) is 88.6 Å². The SMILES string of the molecule is CC(C)COC(=O)NC1CCC(Nc2cc(N3CCOCC3)cc3nccnc23)CC1. The van der Waals surface area contributed by atoms with Gasteiger partial charge in [-0.25, -0.2) is 4.79 Å². The number of benzene rings is 1. The summed E-state index contributed by atoms with van der Waals surface area (Å²) in [5.74, 6) is 0.344. The maximum Gasteiger partial charge on any atom is 0.407 e. The van der Waals surface area contributed by atoms with E-state index in [2.05, 4.69) is 37.6 Å². The summed E-state index contributed by atoms with van der Waals surface area (Å²) < 4.78 is 10.8. The summed E-state index contributed by atoms with van der Waals surface area (Å²) in [6.45, 7) is 7.79. The lowest BCUT2D eigenvalue weighted by atomic mass is 9.91.